The molecule has 0 saturated heterocycles. The Morgan fingerprint density at radius 3 is 2.25 bits per heavy atom. The molecule has 2 rings (SSSR count). The van der Waals surface area contributed by atoms with Crippen LogP contribution in [0.3, 0.4) is 0 Å². The van der Waals surface area contributed by atoms with Crippen LogP contribution < -0.4 is 10.2 Å². The van der Waals surface area contributed by atoms with Crippen molar-refractivity contribution in [3.63, 3.8) is 0 Å². The zero-order chi connectivity index (χ0) is 14.8. The van der Waals surface area contributed by atoms with Gasteiger partial charge in [0.25, 0.3) is 0 Å². The van der Waals surface area contributed by atoms with Gasteiger partial charge < -0.3 is 10.2 Å². The summed E-state index contributed by atoms with van der Waals surface area (Å²) >= 11 is 0. The molecule has 5 nitrogen and oxygen atoms in total. The molecule has 1 N–H and O–H groups in total. The monoisotopic (exact) mass is 283 g/mol. The molecule has 2 aromatic rings. The fourth-order valence-electron chi connectivity index (χ4n) is 1.42. The van der Waals surface area contributed by atoms with Gasteiger partial charge in [0, 0.05) is 14.1 Å². The third kappa shape index (κ3) is 3.34. The van der Waals surface area contributed by atoms with Gasteiger partial charge >= 0.3 is 6.18 Å². The lowest BCUT2D eigenvalue weighted by molar-refractivity contribution is -0.141. The highest BCUT2D eigenvalue weighted by molar-refractivity contribution is 5.56. The van der Waals surface area contributed by atoms with Crippen LogP contribution in [0.25, 0.3) is 0 Å². The van der Waals surface area contributed by atoms with Gasteiger partial charge in [-0.2, -0.15) is 13.2 Å². The smallest absolute Gasteiger partial charge is 0.363 e. The van der Waals surface area contributed by atoms with Crippen LogP contribution in [0.4, 0.5) is 30.5 Å². The van der Waals surface area contributed by atoms with Gasteiger partial charge in [-0.15, -0.1) is 10.2 Å². The summed E-state index contributed by atoms with van der Waals surface area (Å²) in [5.74, 6) is 0.992. The van der Waals surface area contributed by atoms with Crippen molar-refractivity contribution in [2.24, 2.45) is 0 Å². The topological polar surface area (TPSA) is 53.9 Å². The van der Waals surface area contributed by atoms with E-state index in [1.165, 1.54) is 6.07 Å². The molecular weight excluding hydrogens is 271 g/mol. The summed E-state index contributed by atoms with van der Waals surface area (Å²) < 4.78 is 37.0. The lowest BCUT2D eigenvalue weighted by Crippen LogP contribution is -2.10. The van der Waals surface area contributed by atoms with Crippen molar-refractivity contribution < 1.29 is 13.2 Å². The largest absolute Gasteiger partial charge is 0.435 e. The second kappa shape index (κ2) is 5.32. The zero-order valence-corrected chi connectivity index (χ0v) is 10.8. The van der Waals surface area contributed by atoms with Gasteiger partial charge in [-0.25, -0.2) is 4.98 Å². The second-order valence-electron chi connectivity index (χ2n) is 4.23. The van der Waals surface area contributed by atoms with Gasteiger partial charge in [0.15, 0.2) is 11.5 Å². The minimum absolute atomic E-state index is 0.220. The first-order valence-electron chi connectivity index (χ1n) is 5.67. The molecule has 20 heavy (non-hydrogen) atoms. The Bertz CT molecular complexity index is 563. The van der Waals surface area contributed by atoms with Crippen LogP contribution in [0.5, 0.6) is 0 Å². The quantitative estimate of drug-likeness (QED) is 0.938. The molecule has 0 radical (unpaired) electrons. The van der Waals surface area contributed by atoms with Crippen molar-refractivity contribution in [2.45, 2.75) is 6.18 Å². The number of alkyl halides is 3. The van der Waals surface area contributed by atoms with E-state index >= 15 is 0 Å². The molecule has 0 atom stereocenters. The standard InChI is InChI=1S/C12H12F3N5/c1-20(2)11-6-3-8(7-16-11)17-10-5-4-9(18-19-10)12(13,14)15/h3-7H,1-2H3,(H,17,19). The van der Waals surface area contributed by atoms with Crippen molar-refractivity contribution in [1.82, 2.24) is 15.2 Å². The van der Waals surface area contributed by atoms with Crippen LogP contribution in [0.15, 0.2) is 30.5 Å². The van der Waals surface area contributed by atoms with Gasteiger partial charge in [0.05, 0.1) is 11.9 Å². The van der Waals surface area contributed by atoms with Crippen molar-refractivity contribution in [1.29, 1.82) is 0 Å². The Balaban J connectivity index is 2.10. The van der Waals surface area contributed by atoms with Crippen LogP contribution in [-0.4, -0.2) is 29.3 Å². The molecule has 106 valence electrons. The number of pyridine rings is 1. The summed E-state index contributed by atoms with van der Waals surface area (Å²) in [6.45, 7) is 0. The molecule has 2 heterocycles. The lowest BCUT2D eigenvalue weighted by atomic mass is 10.3. The number of hydrogen-bond donors (Lipinski definition) is 1. The Labute approximate surface area is 113 Å². The zero-order valence-electron chi connectivity index (χ0n) is 10.8. The summed E-state index contributed by atoms with van der Waals surface area (Å²) in [5, 5.41) is 9.43. The van der Waals surface area contributed by atoms with Crippen LogP contribution in [-0.2, 0) is 6.18 Å². The van der Waals surface area contributed by atoms with E-state index in [2.05, 4.69) is 20.5 Å². The second-order valence-corrected chi connectivity index (χ2v) is 4.23. The van der Waals surface area contributed by atoms with Crippen LogP contribution >= 0.6 is 0 Å². The van der Waals surface area contributed by atoms with E-state index in [1.807, 2.05) is 19.0 Å². The van der Waals surface area contributed by atoms with E-state index in [1.54, 1.807) is 18.3 Å². The highest BCUT2D eigenvalue weighted by Crippen LogP contribution is 2.27. The summed E-state index contributed by atoms with van der Waals surface area (Å²) in [6.07, 6.45) is -2.92. The molecule has 0 fully saturated rings. The molecule has 0 saturated carbocycles. The van der Waals surface area contributed by atoms with E-state index < -0.39 is 11.9 Å². The Kier molecular flexibility index (Phi) is 3.73. The van der Waals surface area contributed by atoms with Gasteiger partial charge in [-0.05, 0) is 24.3 Å². The Hall–Kier alpha value is -2.38. The first kappa shape index (κ1) is 14.0. The van der Waals surface area contributed by atoms with Gasteiger partial charge in [-0.3, -0.25) is 0 Å². The van der Waals surface area contributed by atoms with E-state index in [0.29, 0.717) is 5.69 Å². The highest BCUT2D eigenvalue weighted by atomic mass is 19.4. The fraction of sp³-hybridized carbons (Fsp3) is 0.250. The molecule has 0 aliphatic rings. The van der Waals surface area contributed by atoms with Gasteiger partial charge in [-0.1, -0.05) is 0 Å². The minimum Gasteiger partial charge on any atom is -0.363 e. The van der Waals surface area contributed by atoms with Crippen LogP contribution in [0.1, 0.15) is 5.69 Å². The predicted octanol–water partition coefficient (Wildman–Crippen LogP) is 2.70. The lowest BCUT2D eigenvalue weighted by Gasteiger charge is -2.12. The number of halogens is 3. The fourth-order valence-corrected chi connectivity index (χ4v) is 1.42. The number of nitrogens with one attached hydrogen (secondary N) is 1. The molecule has 0 aromatic carbocycles. The average molecular weight is 283 g/mol. The maximum atomic E-state index is 12.3. The Morgan fingerprint density at radius 1 is 1.05 bits per heavy atom. The first-order chi connectivity index (χ1) is 9.36. The number of hydrogen-bond acceptors (Lipinski definition) is 5. The van der Waals surface area contributed by atoms with Crippen molar-refractivity contribution >= 4 is 17.3 Å². The molecule has 0 unspecified atom stereocenters. The van der Waals surface area contributed by atoms with E-state index in [9.17, 15) is 13.2 Å². The summed E-state index contributed by atoms with van der Waals surface area (Å²) in [4.78, 5) is 6.00. The third-order valence-corrected chi connectivity index (χ3v) is 2.43. The van der Waals surface area contributed by atoms with Gasteiger partial charge in [0.2, 0.25) is 0 Å². The van der Waals surface area contributed by atoms with Crippen LogP contribution in [0.2, 0.25) is 0 Å². The number of nitrogens with zero attached hydrogens (tertiary/aromatic N) is 4. The molecule has 0 spiro atoms. The Morgan fingerprint density at radius 2 is 1.80 bits per heavy atom. The number of rotatable bonds is 3. The van der Waals surface area contributed by atoms with Crippen molar-refractivity contribution in [3.05, 3.63) is 36.2 Å². The maximum absolute atomic E-state index is 12.3. The van der Waals surface area contributed by atoms with E-state index in [0.717, 1.165) is 11.9 Å². The summed E-state index contributed by atoms with van der Waals surface area (Å²) in [5.41, 5.74) is -0.409. The average Bonchev–Trinajstić information content (AvgIpc) is 2.39. The van der Waals surface area contributed by atoms with Gasteiger partial charge in [0.1, 0.15) is 5.82 Å². The molecule has 2 aromatic heterocycles. The van der Waals surface area contributed by atoms with E-state index in [4.69, 9.17) is 0 Å². The molecule has 0 amide bonds. The maximum Gasteiger partial charge on any atom is 0.435 e. The molecule has 0 aliphatic carbocycles. The van der Waals surface area contributed by atoms with Crippen molar-refractivity contribution in [2.75, 3.05) is 24.3 Å². The molecule has 8 heteroatoms. The third-order valence-electron chi connectivity index (χ3n) is 2.43. The summed E-state index contributed by atoms with van der Waals surface area (Å²) in [7, 11) is 3.72. The summed E-state index contributed by atoms with van der Waals surface area (Å²) in [6, 6.07) is 5.62. The first-order valence-corrected chi connectivity index (χ1v) is 5.67. The number of aromatic nitrogens is 3. The normalized spacial score (nSPS) is 11.2. The molecule has 0 aliphatic heterocycles. The predicted molar refractivity (Wildman–Crippen MR) is 68.9 cm³/mol. The molecule has 0 bridgehead atoms. The highest BCUT2D eigenvalue weighted by Gasteiger charge is 2.32. The van der Waals surface area contributed by atoms with Crippen molar-refractivity contribution in [3.8, 4) is 0 Å². The van der Waals surface area contributed by atoms with E-state index in [-0.39, 0.29) is 5.82 Å². The molecular formula is C12H12F3N5. The minimum atomic E-state index is -4.49. The number of anilines is 3. The van der Waals surface area contributed by atoms with Crippen LogP contribution in [0, 0.1) is 0 Å². The SMILES string of the molecule is CN(C)c1ccc(Nc2ccc(C(F)(F)F)nn2)cn1.